The van der Waals surface area contributed by atoms with Crippen LogP contribution in [-0.4, -0.2) is 48.0 Å². The summed E-state index contributed by atoms with van der Waals surface area (Å²) in [5.74, 6) is 0.108. The van der Waals surface area contributed by atoms with Crippen LogP contribution in [0.3, 0.4) is 0 Å². The Hall–Kier alpha value is -1.37. The van der Waals surface area contributed by atoms with E-state index in [2.05, 4.69) is 111 Å². The largest absolute Gasteiger partial charge is 0.417 e. The molecule has 0 fully saturated rings. The standard InChI is InChI=1S/C36H61NO4S2Si2/c1-27(20-21-34(41-45(13,14)36(8,9)10)29(3)24-31-26-42-30(4)37-31)22-33(43(38,39)32-18-16-15-17-19-32)23-28(2)25-40-44(11,12)35(5,6)7/h15-20,24,26,28,33-34H,21-23,25H2,1-14H3/t28-,33?,34-/m0/s1. The summed E-state index contributed by atoms with van der Waals surface area (Å²) in [7, 11) is -7.56. The molecule has 45 heavy (non-hydrogen) atoms. The van der Waals surface area contributed by atoms with Gasteiger partial charge in [0.05, 0.1) is 27.0 Å². The maximum atomic E-state index is 14.0. The summed E-state index contributed by atoms with van der Waals surface area (Å²) < 4.78 is 41.5. The van der Waals surface area contributed by atoms with Gasteiger partial charge in [0.1, 0.15) is 0 Å². The Bertz CT molecular complexity index is 1400. The Balaban J connectivity index is 2.37. The molecular weight excluding hydrogens is 631 g/mol. The Morgan fingerprint density at radius 2 is 1.56 bits per heavy atom. The van der Waals surface area contributed by atoms with E-state index in [0.29, 0.717) is 30.8 Å². The zero-order chi connectivity index (χ0) is 34.4. The van der Waals surface area contributed by atoms with Crippen molar-refractivity contribution in [3.8, 4) is 0 Å². The quantitative estimate of drug-likeness (QED) is 0.137. The predicted molar refractivity (Wildman–Crippen MR) is 200 cm³/mol. The van der Waals surface area contributed by atoms with Crippen LogP contribution in [0.25, 0.3) is 6.08 Å². The van der Waals surface area contributed by atoms with Gasteiger partial charge in [0, 0.05) is 12.0 Å². The van der Waals surface area contributed by atoms with Crippen LogP contribution in [0.1, 0.15) is 92.3 Å². The predicted octanol–water partition coefficient (Wildman–Crippen LogP) is 10.9. The highest BCUT2D eigenvalue weighted by atomic mass is 32.2. The number of thiazole rings is 1. The average Bonchev–Trinajstić information content (AvgIpc) is 3.32. The number of benzene rings is 1. The highest BCUT2D eigenvalue weighted by Crippen LogP contribution is 2.39. The highest BCUT2D eigenvalue weighted by Gasteiger charge is 2.40. The summed E-state index contributed by atoms with van der Waals surface area (Å²) in [6, 6.07) is 8.90. The minimum Gasteiger partial charge on any atom is -0.417 e. The van der Waals surface area contributed by atoms with Crippen molar-refractivity contribution in [2.45, 2.75) is 141 Å². The van der Waals surface area contributed by atoms with E-state index in [0.717, 1.165) is 21.8 Å². The SMILES string of the molecule is CC(=CC[C@H](O[Si](C)(C)C(C)(C)C)C(C)=Cc1csc(C)n1)CC(C[C@H](C)CO[Si](C)(C)C(C)(C)C)S(=O)(=O)c1ccccc1. The van der Waals surface area contributed by atoms with Crippen LogP contribution in [0.2, 0.25) is 36.3 Å². The first-order valence-corrected chi connectivity index (χ1v) is 24.6. The van der Waals surface area contributed by atoms with Crippen molar-refractivity contribution in [2.24, 2.45) is 5.92 Å². The topological polar surface area (TPSA) is 65.5 Å². The molecule has 0 aliphatic heterocycles. The number of allylic oxidation sites excluding steroid dienone is 1. The molecule has 9 heteroatoms. The maximum absolute atomic E-state index is 14.0. The number of nitrogens with zero attached hydrogens (tertiary/aromatic N) is 1. The summed E-state index contributed by atoms with van der Waals surface area (Å²) in [4.78, 5) is 5.03. The van der Waals surface area contributed by atoms with Gasteiger partial charge in [-0.1, -0.05) is 78.3 Å². The van der Waals surface area contributed by atoms with Crippen molar-refractivity contribution in [3.63, 3.8) is 0 Å². The molecule has 3 atom stereocenters. The third kappa shape index (κ3) is 11.7. The molecule has 5 nitrogen and oxygen atoms in total. The van der Waals surface area contributed by atoms with Crippen molar-refractivity contribution in [2.75, 3.05) is 6.61 Å². The van der Waals surface area contributed by atoms with Crippen molar-refractivity contribution < 1.29 is 17.3 Å². The minimum atomic E-state index is -3.54. The second-order valence-corrected chi connectivity index (χ2v) is 28.8. The van der Waals surface area contributed by atoms with Gasteiger partial charge in [0.2, 0.25) is 0 Å². The average molecular weight is 692 g/mol. The first-order valence-electron chi connectivity index (χ1n) is 16.3. The van der Waals surface area contributed by atoms with Crippen LogP contribution in [0.4, 0.5) is 0 Å². The zero-order valence-electron chi connectivity index (χ0n) is 30.6. The van der Waals surface area contributed by atoms with Crippen LogP contribution in [0.5, 0.6) is 0 Å². The van der Waals surface area contributed by atoms with Gasteiger partial charge in [-0.05, 0) is 106 Å². The molecule has 2 aromatic rings. The Morgan fingerprint density at radius 1 is 0.978 bits per heavy atom. The Morgan fingerprint density at radius 3 is 2.07 bits per heavy atom. The van der Waals surface area contributed by atoms with E-state index in [-0.39, 0.29) is 22.1 Å². The summed E-state index contributed by atoms with van der Waals surface area (Å²) in [5, 5.41) is 2.76. The number of hydrogen-bond donors (Lipinski definition) is 0. The molecule has 1 aromatic carbocycles. The third-order valence-corrected chi connectivity index (χ3v) is 21.6. The van der Waals surface area contributed by atoms with Crippen LogP contribution in [-0.2, 0) is 18.7 Å². The third-order valence-electron chi connectivity index (χ3n) is 9.70. The van der Waals surface area contributed by atoms with Gasteiger partial charge in [0.25, 0.3) is 0 Å². The summed E-state index contributed by atoms with van der Waals surface area (Å²) in [5.41, 5.74) is 3.17. The maximum Gasteiger partial charge on any atom is 0.192 e. The monoisotopic (exact) mass is 691 g/mol. The van der Waals surface area contributed by atoms with Crippen molar-refractivity contribution in [3.05, 3.63) is 63.6 Å². The summed E-state index contributed by atoms with van der Waals surface area (Å²) in [6.07, 6.45) is 5.93. The molecular formula is C36H61NO4S2Si2. The normalized spacial score (nSPS) is 16.5. The van der Waals surface area contributed by atoms with Gasteiger partial charge in [-0.25, -0.2) is 13.4 Å². The van der Waals surface area contributed by atoms with E-state index in [4.69, 9.17) is 8.85 Å². The van der Waals surface area contributed by atoms with E-state index in [1.54, 1.807) is 35.6 Å². The molecule has 0 bridgehead atoms. The van der Waals surface area contributed by atoms with Crippen molar-refractivity contribution >= 4 is 43.9 Å². The van der Waals surface area contributed by atoms with Gasteiger partial charge >= 0.3 is 0 Å². The Kier molecular flexibility index (Phi) is 13.9. The van der Waals surface area contributed by atoms with Crippen molar-refractivity contribution in [1.82, 2.24) is 4.98 Å². The molecule has 0 saturated heterocycles. The lowest BCUT2D eigenvalue weighted by Gasteiger charge is -2.39. The van der Waals surface area contributed by atoms with E-state index in [1.807, 2.05) is 13.0 Å². The molecule has 0 amide bonds. The van der Waals surface area contributed by atoms with Crippen molar-refractivity contribution in [1.29, 1.82) is 0 Å². The fraction of sp³-hybridized carbons (Fsp3) is 0.639. The molecule has 1 unspecified atom stereocenters. The highest BCUT2D eigenvalue weighted by molar-refractivity contribution is 7.92. The number of aromatic nitrogens is 1. The number of rotatable bonds is 15. The molecule has 0 saturated carbocycles. The molecule has 0 aliphatic carbocycles. The summed E-state index contributed by atoms with van der Waals surface area (Å²) in [6.45, 7) is 31.5. The van der Waals surface area contributed by atoms with Crippen LogP contribution in [0, 0.1) is 12.8 Å². The fourth-order valence-electron chi connectivity index (χ4n) is 4.59. The second-order valence-electron chi connectivity index (χ2n) is 15.9. The van der Waals surface area contributed by atoms with E-state index >= 15 is 0 Å². The zero-order valence-corrected chi connectivity index (χ0v) is 34.2. The summed E-state index contributed by atoms with van der Waals surface area (Å²) >= 11 is 1.65. The molecule has 2 rings (SSSR count). The van der Waals surface area contributed by atoms with Gasteiger partial charge in [-0.2, -0.15) is 0 Å². The van der Waals surface area contributed by atoms with E-state index in [9.17, 15) is 8.42 Å². The first-order chi connectivity index (χ1) is 20.5. The van der Waals surface area contributed by atoms with Crippen LogP contribution >= 0.6 is 11.3 Å². The van der Waals surface area contributed by atoms with Crippen LogP contribution < -0.4 is 0 Å². The molecule has 0 aliphatic rings. The first kappa shape index (κ1) is 39.8. The molecule has 1 aromatic heterocycles. The van der Waals surface area contributed by atoms with Gasteiger partial charge < -0.3 is 8.85 Å². The molecule has 254 valence electrons. The van der Waals surface area contributed by atoms with Gasteiger partial charge in [-0.3, -0.25) is 0 Å². The molecule has 0 spiro atoms. The number of sulfone groups is 1. The molecule has 1 heterocycles. The van der Waals surface area contributed by atoms with Crippen LogP contribution in [0.15, 0.2) is 57.8 Å². The molecule has 0 radical (unpaired) electrons. The van der Waals surface area contributed by atoms with E-state index in [1.165, 1.54) is 0 Å². The smallest absolute Gasteiger partial charge is 0.192 e. The lowest BCUT2D eigenvalue weighted by atomic mass is 10.00. The van der Waals surface area contributed by atoms with Gasteiger partial charge in [-0.15, -0.1) is 11.3 Å². The van der Waals surface area contributed by atoms with E-state index < -0.39 is 31.7 Å². The second kappa shape index (κ2) is 15.7. The molecule has 0 N–H and O–H groups in total. The lowest BCUT2D eigenvalue weighted by molar-refractivity contribution is 0.217. The Labute approximate surface area is 282 Å². The number of hydrogen-bond acceptors (Lipinski definition) is 6. The van der Waals surface area contributed by atoms with Gasteiger partial charge in [0.15, 0.2) is 26.5 Å². The lowest BCUT2D eigenvalue weighted by Crippen LogP contribution is -2.44. The number of aryl methyl sites for hydroxylation is 1. The fourth-order valence-corrected chi connectivity index (χ4v) is 9.63. The minimum absolute atomic E-state index is 0.0684.